The summed E-state index contributed by atoms with van der Waals surface area (Å²) in [6.07, 6.45) is 2.71. The van der Waals surface area contributed by atoms with E-state index in [-0.39, 0.29) is 58.0 Å². The second-order valence-corrected chi connectivity index (χ2v) is 16.8. The Morgan fingerprint density at radius 3 is 2.28 bits per heavy atom. The highest BCUT2D eigenvalue weighted by atomic mass is 16.5. The Kier molecular flexibility index (Phi) is 18.4. The van der Waals surface area contributed by atoms with Crippen LogP contribution in [0.1, 0.15) is 41.5 Å². The summed E-state index contributed by atoms with van der Waals surface area (Å²) in [5.41, 5.74) is 9.10. The van der Waals surface area contributed by atoms with Crippen LogP contribution >= 0.6 is 0 Å². The predicted molar refractivity (Wildman–Crippen MR) is 254 cm³/mol. The normalized spacial score (nSPS) is 21.6. The molecule has 1 fully saturated rings. The molecule has 67 heavy (non-hydrogen) atoms. The van der Waals surface area contributed by atoms with Gasteiger partial charge in [0.25, 0.3) is 0 Å². The lowest BCUT2D eigenvalue weighted by Crippen LogP contribution is -2.58. The molecular weight excluding hydrogens is 855 g/mol. The van der Waals surface area contributed by atoms with Crippen molar-refractivity contribution in [2.45, 2.75) is 63.4 Å². The zero-order valence-electron chi connectivity index (χ0n) is 38.3. The molecule has 2 bridgehead atoms. The van der Waals surface area contributed by atoms with E-state index in [0.717, 1.165) is 39.5 Å². The number of aliphatic hydroxyl groups is 1. The average Bonchev–Trinajstić information content (AvgIpc) is 3.34. The highest BCUT2D eigenvalue weighted by Crippen LogP contribution is 2.39. The molecule has 0 aliphatic carbocycles. The zero-order valence-corrected chi connectivity index (χ0v) is 38.3. The van der Waals surface area contributed by atoms with E-state index in [1.54, 1.807) is 19.1 Å². The van der Waals surface area contributed by atoms with Crippen LogP contribution in [0, 0.1) is 5.41 Å². The Labute approximate surface area is 392 Å². The highest BCUT2D eigenvalue weighted by Gasteiger charge is 2.44. The van der Waals surface area contributed by atoms with E-state index in [2.05, 4.69) is 26.6 Å². The summed E-state index contributed by atoms with van der Waals surface area (Å²) in [5, 5.41) is 26.1. The molecule has 16 nitrogen and oxygen atoms in total. The lowest BCUT2D eigenvalue weighted by molar-refractivity contribution is -0.141. The molecule has 5 amide bonds. The summed E-state index contributed by atoms with van der Waals surface area (Å²) < 4.78 is 16.7. The Morgan fingerprint density at radius 2 is 1.57 bits per heavy atom. The summed E-state index contributed by atoms with van der Waals surface area (Å²) in [6, 6.07) is 28.1. The number of ether oxygens (including phenoxy) is 3. The number of nitrogens with two attached hydrogens (primary N) is 1. The molecule has 2 aliphatic heterocycles. The zero-order chi connectivity index (χ0) is 47.6. The Morgan fingerprint density at radius 1 is 0.851 bits per heavy atom. The minimum atomic E-state index is -1.20. The molecule has 6 rings (SSSR count). The number of carbonyl (C=O) groups is 5. The van der Waals surface area contributed by atoms with Gasteiger partial charge in [-0.1, -0.05) is 84.9 Å². The maximum atomic E-state index is 15.0. The van der Waals surface area contributed by atoms with Gasteiger partial charge < -0.3 is 51.2 Å². The van der Waals surface area contributed by atoms with E-state index >= 15 is 0 Å². The van der Waals surface area contributed by atoms with Crippen molar-refractivity contribution in [1.29, 1.82) is 0 Å². The molecular formula is C51H63N7O9. The smallest absolute Gasteiger partial charge is 0.246 e. The number of methoxy groups -OCH3 is 2. The fourth-order valence-corrected chi connectivity index (χ4v) is 8.65. The molecule has 4 aromatic rings. The molecule has 4 atom stereocenters. The van der Waals surface area contributed by atoms with Crippen LogP contribution in [-0.4, -0.2) is 118 Å². The second kappa shape index (κ2) is 24.8. The van der Waals surface area contributed by atoms with E-state index in [1.807, 2.05) is 97.1 Å². The van der Waals surface area contributed by atoms with Gasteiger partial charge in [0.15, 0.2) is 0 Å². The van der Waals surface area contributed by atoms with E-state index in [4.69, 9.17) is 19.9 Å². The number of carbonyl (C=O) groups excluding carboxylic acids is 5. The maximum Gasteiger partial charge on any atom is 0.246 e. The Hall–Kier alpha value is -6.59. The van der Waals surface area contributed by atoms with Crippen LogP contribution in [0.5, 0.6) is 11.5 Å². The largest absolute Gasteiger partial charge is 0.496 e. The number of fused-ring (bicyclic) bond motifs is 3. The van der Waals surface area contributed by atoms with Crippen LogP contribution in [0.25, 0.3) is 11.1 Å². The number of piperidine rings is 1. The number of nitrogens with one attached hydrogen (secondary N) is 5. The van der Waals surface area contributed by atoms with Crippen LogP contribution in [-0.2, 0) is 54.5 Å². The molecule has 0 spiro atoms. The monoisotopic (exact) mass is 917 g/mol. The fourth-order valence-electron chi connectivity index (χ4n) is 8.65. The van der Waals surface area contributed by atoms with Gasteiger partial charge in [0.05, 0.1) is 44.5 Å². The summed E-state index contributed by atoms with van der Waals surface area (Å²) in [7, 11) is 3.19. The highest BCUT2D eigenvalue weighted by molar-refractivity contribution is 5.97. The third-order valence-corrected chi connectivity index (χ3v) is 12.1. The van der Waals surface area contributed by atoms with Gasteiger partial charge in [0.2, 0.25) is 29.5 Å². The van der Waals surface area contributed by atoms with Gasteiger partial charge in [0, 0.05) is 64.3 Å². The molecule has 0 aromatic heterocycles. The van der Waals surface area contributed by atoms with Crippen molar-refractivity contribution < 1.29 is 43.3 Å². The van der Waals surface area contributed by atoms with Gasteiger partial charge in [-0.25, -0.2) is 0 Å². The van der Waals surface area contributed by atoms with Crippen molar-refractivity contribution in [1.82, 2.24) is 31.5 Å². The van der Waals surface area contributed by atoms with E-state index in [1.165, 1.54) is 6.08 Å². The number of hydrogen-bond acceptors (Lipinski definition) is 11. The van der Waals surface area contributed by atoms with Gasteiger partial charge in [0.1, 0.15) is 23.8 Å². The van der Waals surface area contributed by atoms with Crippen molar-refractivity contribution in [3.63, 3.8) is 0 Å². The molecule has 16 heteroatoms. The van der Waals surface area contributed by atoms with Crippen molar-refractivity contribution in [2.24, 2.45) is 11.1 Å². The minimum Gasteiger partial charge on any atom is -0.496 e. The fraction of sp³-hybridized carbons (Fsp3) is 0.392. The van der Waals surface area contributed by atoms with Crippen LogP contribution in [0.3, 0.4) is 0 Å². The van der Waals surface area contributed by atoms with Crippen molar-refractivity contribution in [3.05, 3.63) is 131 Å². The standard InChI is InChI=1S/C51H63N7O9/c1-65-42-14-8-15-43(66-2)47(42)37-18-16-35(17-19-37)30-41-49(63)55-33-39-13-7-6-12-38(39)31-45(60)56-40(48(62)54-26-29-67-28-24-52)22-25-53-44(59)20-21-46(61)58-27-9-23-51(34-58,50(64)57-41)32-36-10-4-3-5-11-36/h3-8,10-21,40-41,45,56,60H,9,22-34,52H2,1-2H3,(H,53,59)(H,54,62)(H,55,63)(H,57,64)/b21-20+/t40-,41-,45?,51-/m0/s1. The first-order chi connectivity index (χ1) is 32.5. The lowest BCUT2D eigenvalue weighted by Gasteiger charge is -2.42. The first kappa shape index (κ1) is 49.8. The summed E-state index contributed by atoms with van der Waals surface area (Å²) >= 11 is 0. The average molecular weight is 918 g/mol. The quantitative estimate of drug-likeness (QED) is 0.0967. The molecule has 2 aliphatic rings. The Bertz CT molecular complexity index is 2300. The number of hydrogen-bond donors (Lipinski definition) is 7. The summed E-state index contributed by atoms with van der Waals surface area (Å²) in [5.74, 6) is -0.928. The third kappa shape index (κ3) is 14.0. The van der Waals surface area contributed by atoms with Gasteiger partial charge in [-0.15, -0.1) is 0 Å². The van der Waals surface area contributed by atoms with Crippen LogP contribution < -0.4 is 41.8 Å². The van der Waals surface area contributed by atoms with E-state index in [0.29, 0.717) is 50.5 Å². The minimum absolute atomic E-state index is 0.0490. The van der Waals surface area contributed by atoms with Gasteiger partial charge in [-0.2, -0.15) is 0 Å². The first-order valence-corrected chi connectivity index (χ1v) is 22.8. The molecule has 0 radical (unpaired) electrons. The molecule has 4 aromatic carbocycles. The number of nitrogens with zero attached hydrogens (tertiary/aromatic N) is 1. The number of benzene rings is 4. The summed E-state index contributed by atoms with van der Waals surface area (Å²) in [4.78, 5) is 71.3. The number of rotatable bonds is 13. The molecule has 2 heterocycles. The van der Waals surface area contributed by atoms with Crippen LogP contribution in [0.4, 0.5) is 0 Å². The van der Waals surface area contributed by atoms with Crippen molar-refractivity contribution in [2.75, 3.05) is 60.2 Å². The first-order valence-electron chi connectivity index (χ1n) is 22.8. The predicted octanol–water partition coefficient (Wildman–Crippen LogP) is 2.55. The Balaban J connectivity index is 1.32. The van der Waals surface area contributed by atoms with Crippen molar-refractivity contribution >= 4 is 29.5 Å². The number of aliphatic hydroxyl groups excluding tert-OH is 1. The van der Waals surface area contributed by atoms with Gasteiger partial charge >= 0.3 is 0 Å². The van der Waals surface area contributed by atoms with E-state index in [9.17, 15) is 29.1 Å². The van der Waals surface area contributed by atoms with Gasteiger partial charge in [-0.05, 0) is 65.6 Å². The molecule has 356 valence electrons. The lowest BCUT2D eigenvalue weighted by atomic mass is 9.74. The van der Waals surface area contributed by atoms with Crippen molar-refractivity contribution in [3.8, 4) is 22.6 Å². The topological polar surface area (TPSA) is 223 Å². The third-order valence-electron chi connectivity index (χ3n) is 12.1. The van der Waals surface area contributed by atoms with Gasteiger partial charge in [-0.3, -0.25) is 29.3 Å². The molecule has 1 unspecified atom stereocenters. The molecule has 1 saturated heterocycles. The SMILES string of the molecule is COc1cccc(OC)c1-c1ccc(C[C@@H]2NC(=O)[C@]3(Cc4ccccc4)CCCN(C3)C(=O)/C=C/C(=O)NCC[C@@H](C(=O)NCCOCCN)NC(O)Cc3ccccc3CNC2=O)cc1. The molecule has 8 N–H and O–H groups in total. The van der Waals surface area contributed by atoms with Crippen LogP contribution in [0.2, 0.25) is 0 Å². The second-order valence-electron chi connectivity index (χ2n) is 16.8. The summed E-state index contributed by atoms with van der Waals surface area (Å²) in [6.45, 7) is 1.68. The van der Waals surface area contributed by atoms with E-state index < -0.39 is 47.4 Å². The maximum absolute atomic E-state index is 15.0. The molecule has 0 saturated carbocycles. The van der Waals surface area contributed by atoms with Crippen LogP contribution in [0.15, 0.2) is 109 Å². The number of amides is 5.